The molecule has 27 heavy (non-hydrogen) atoms. The summed E-state index contributed by atoms with van der Waals surface area (Å²) in [7, 11) is 0. The van der Waals surface area contributed by atoms with Crippen LogP contribution in [0.2, 0.25) is 0 Å². The number of ether oxygens (including phenoxy) is 1. The van der Waals surface area contributed by atoms with Crippen LogP contribution >= 0.6 is 0 Å². The van der Waals surface area contributed by atoms with Crippen molar-refractivity contribution in [2.75, 3.05) is 23.4 Å². The summed E-state index contributed by atoms with van der Waals surface area (Å²) in [4.78, 5) is 38.0. The first-order valence-electron chi connectivity index (χ1n) is 8.47. The molecule has 6 nitrogen and oxygen atoms in total. The van der Waals surface area contributed by atoms with Crippen molar-refractivity contribution in [1.82, 2.24) is 0 Å². The van der Waals surface area contributed by atoms with Crippen LogP contribution in [-0.4, -0.2) is 30.9 Å². The first-order valence-corrected chi connectivity index (χ1v) is 8.47. The van der Waals surface area contributed by atoms with E-state index >= 15 is 0 Å². The van der Waals surface area contributed by atoms with E-state index in [0.717, 1.165) is 10.8 Å². The Labute approximate surface area is 155 Å². The van der Waals surface area contributed by atoms with Gasteiger partial charge in [-0.15, -0.1) is 0 Å². The molecule has 0 radical (unpaired) electrons. The van der Waals surface area contributed by atoms with Crippen LogP contribution in [0.5, 0.6) is 0 Å². The lowest BCUT2D eigenvalue weighted by molar-refractivity contribution is -0.124. The molecule has 3 aromatic carbocycles. The van der Waals surface area contributed by atoms with E-state index in [1.54, 1.807) is 36.4 Å². The predicted octanol–water partition coefficient (Wildman–Crippen LogP) is 2.98. The van der Waals surface area contributed by atoms with Crippen LogP contribution in [0.25, 0.3) is 10.8 Å². The van der Waals surface area contributed by atoms with E-state index in [9.17, 15) is 14.4 Å². The topological polar surface area (TPSA) is 75.7 Å². The van der Waals surface area contributed by atoms with Gasteiger partial charge >= 0.3 is 5.97 Å². The van der Waals surface area contributed by atoms with Crippen molar-refractivity contribution in [2.24, 2.45) is 0 Å². The van der Waals surface area contributed by atoms with Crippen LogP contribution in [0.15, 0.2) is 66.7 Å². The highest BCUT2D eigenvalue weighted by Crippen LogP contribution is 2.28. The molecule has 0 saturated carbocycles. The second-order valence-corrected chi connectivity index (χ2v) is 6.18. The molecule has 1 heterocycles. The molecule has 0 saturated heterocycles. The Morgan fingerprint density at radius 3 is 2.56 bits per heavy atom. The molecule has 0 spiro atoms. The van der Waals surface area contributed by atoms with Crippen LogP contribution < -0.4 is 10.2 Å². The number of nitrogens with zero attached hydrogens (tertiary/aromatic N) is 1. The normalized spacial score (nSPS) is 13.0. The van der Waals surface area contributed by atoms with Gasteiger partial charge < -0.3 is 10.1 Å². The van der Waals surface area contributed by atoms with Gasteiger partial charge in [-0.2, -0.15) is 0 Å². The molecule has 3 aromatic rings. The summed E-state index contributed by atoms with van der Waals surface area (Å²) in [6, 6.07) is 19.9. The molecule has 0 fully saturated rings. The molecule has 134 valence electrons. The monoisotopic (exact) mass is 360 g/mol. The second kappa shape index (κ2) is 6.92. The average Bonchev–Trinajstić information content (AvgIpc) is 2.70. The van der Waals surface area contributed by atoms with Crippen molar-refractivity contribution in [1.29, 1.82) is 0 Å². The molecule has 0 aliphatic carbocycles. The number of nitrogens with one attached hydrogen (secondary N) is 1. The van der Waals surface area contributed by atoms with E-state index in [-0.39, 0.29) is 12.5 Å². The van der Waals surface area contributed by atoms with Crippen molar-refractivity contribution in [3.63, 3.8) is 0 Å². The van der Waals surface area contributed by atoms with Gasteiger partial charge in [-0.1, -0.05) is 42.5 Å². The van der Waals surface area contributed by atoms with Gasteiger partial charge in [0.25, 0.3) is 5.91 Å². The third-order valence-electron chi connectivity index (χ3n) is 4.38. The zero-order valence-corrected chi connectivity index (χ0v) is 14.3. The molecule has 0 bridgehead atoms. The maximum absolute atomic E-state index is 12.5. The van der Waals surface area contributed by atoms with E-state index in [1.807, 2.05) is 30.3 Å². The van der Waals surface area contributed by atoms with E-state index in [4.69, 9.17) is 4.74 Å². The summed E-state index contributed by atoms with van der Waals surface area (Å²) in [5, 5.41) is 4.64. The molecule has 1 aliphatic heterocycles. The van der Waals surface area contributed by atoms with Crippen molar-refractivity contribution >= 4 is 39.9 Å². The highest BCUT2D eigenvalue weighted by Gasteiger charge is 2.27. The van der Waals surface area contributed by atoms with E-state index in [1.165, 1.54) is 4.90 Å². The molecular weight excluding hydrogens is 344 g/mol. The minimum atomic E-state index is -0.580. The molecule has 0 unspecified atom stereocenters. The number of hydrogen-bond donors (Lipinski definition) is 1. The van der Waals surface area contributed by atoms with Gasteiger partial charge in [-0.3, -0.25) is 14.5 Å². The zero-order valence-electron chi connectivity index (χ0n) is 14.3. The van der Waals surface area contributed by atoms with Gasteiger partial charge in [-0.25, -0.2) is 4.79 Å². The summed E-state index contributed by atoms with van der Waals surface area (Å²) in [5.41, 5.74) is 1.52. The maximum atomic E-state index is 12.5. The van der Waals surface area contributed by atoms with Gasteiger partial charge in [0.1, 0.15) is 6.54 Å². The van der Waals surface area contributed by atoms with Crippen molar-refractivity contribution in [3.05, 3.63) is 72.3 Å². The highest BCUT2D eigenvalue weighted by atomic mass is 16.5. The average molecular weight is 360 g/mol. The summed E-state index contributed by atoms with van der Waals surface area (Å²) in [6.45, 7) is -0.545. The highest BCUT2D eigenvalue weighted by molar-refractivity contribution is 6.10. The molecule has 6 heteroatoms. The smallest absolute Gasteiger partial charge is 0.338 e. The third kappa shape index (κ3) is 3.37. The first kappa shape index (κ1) is 16.8. The number of fused-ring (bicyclic) bond motifs is 2. The molecule has 4 rings (SSSR count). The van der Waals surface area contributed by atoms with Crippen LogP contribution in [0.4, 0.5) is 11.4 Å². The fraction of sp³-hybridized carbons (Fsp3) is 0.0952. The van der Waals surface area contributed by atoms with E-state index in [0.29, 0.717) is 16.9 Å². The fourth-order valence-corrected chi connectivity index (χ4v) is 3.06. The number of carbonyl (C=O) groups excluding carboxylic acids is 3. The standard InChI is InChI=1S/C21H16N2O4/c24-19-12-23(18-8-4-3-7-17(18)22-19)20(25)13-27-21(26)16-10-9-14-5-1-2-6-15(14)11-16/h1-11H,12-13H2,(H,22,24). The predicted molar refractivity (Wildman–Crippen MR) is 102 cm³/mol. The van der Waals surface area contributed by atoms with Gasteiger partial charge in [0.2, 0.25) is 5.91 Å². The van der Waals surface area contributed by atoms with E-state index in [2.05, 4.69) is 5.32 Å². The van der Waals surface area contributed by atoms with Crippen molar-refractivity contribution < 1.29 is 19.1 Å². The third-order valence-corrected chi connectivity index (χ3v) is 4.38. The summed E-state index contributed by atoms with van der Waals surface area (Å²) in [5.74, 6) is -1.32. The lowest BCUT2D eigenvalue weighted by Crippen LogP contribution is -2.44. The Bertz CT molecular complexity index is 1060. The van der Waals surface area contributed by atoms with Crippen LogP contribution in [0.1, 0.15) is 10.4 Å². The van der Waals surface area contributed by atoms with Gasteiger partial charge in [0.15, 0.2) is 6.61 Å². The molecule has 1 aliphatic rings. The van der Waals surface area contributed by atoms with Gasteiger partial charge in [0, 0.05) is 0 Å². The zero-order chi connectivity index (χ0) is 18.8. The minimum Gasteiger partial charge on any atom is -0.452 e. The lowest BCUT2D eigenvalue weighted by atomic mass is 10.1. The van der Waals surface area contributed by atoms with Crippen LogP contribution in [0, 0.1) is 0 Å². The Morgan fingerprint density at radius 1 is 0.963 bits per heavy atom. The fourth-order valence-electron chi connectivity index (χ4n) is 3.06. The van der Waals surface area contributed by atoms with Crippen LogP contribution in [0.3, 0.4) is 0 Å². The molecule has 0 atom stereocenters. The molecule has 2 amide bonds. The summed E-state index contributed by atoms with van der Waals surface area (Å²) < 4.78 is 5.18. The van der Waals surface area contributed by atoms with Gasteiger partial charge in [0.05, 0.1) is 16.9 Å². The largest absolute Gasteiger partial charge is 0.452 e. The first-order chi connectivity index (χ1) is 13.1. The SMILES string of the molecule is O=C1CN(C(=O)COC(=O)c2ccc3ccccc3c2)c2ccccc2N1. The lowest BCUT2D eigenvalue weighted by Gasteiger charge is -2.28. The Balaban J connectivity index is 1.47. The number of rotatable bonds is 3. The number of benzene rings is 3. The van der Waals surface area contributed by atoms with Crippen molar-refractivity contribution in [2.45, 2.75) is 0 Å². The Kier molecular flexibility index (Phi) is 4.30. The quantitative estimate of drug-likeness (QED) is 0.729. The number of carbonyl (C=O) groups is 3. The summed E-state index contributed by atoms with van der Waals surface area (Å²) >= 11 is 0. The van der Waals surface area contributed by atoms with Crippen LogP contribution in [-0.2, 0) is 14.3 Å². The number of esters is 1. The van der Waals surface area contributed by atoms with E-state index < -0.39 is 18.5 Å². The minimum absolute atomic E-state index is 0.108. The summed E-state index contributed by atoms with van der Waals surface area (Å²) in [6.07, 6.45) is 0. The number of hydrogen-bond acceptors (Lipinski definition) is 4. The molecular formula is C21H16N2O4. The Hall–Kier alpha value is -3.67. The molecule has 1 N–H and O–H groups in total. The Morgan fingerprint density at radius 2 is 1.70 bits per heavy atom. The van der Waals surface area contributed by atoms with Gasteiger partial charge in [-0.05, 0) is 35.0 Å². The van der Waals surface area contributed by atoms with Crippen molar-refractivity contribution in [3.8, 4) is 0 Å². The number of anilines is 2. The second-order valence-electron chi connectivity index (χ2n) is 6.18. The number of amides is 2. The maximum Gasteiger partial charge on any atom is 0.338 e. The number of para-hydroxylation sites is 2. The molecule has 0 aromatic heterocycles.